The molecule has 12 heteroatoms. The van der Waals surface area contributed by atoms with Crippen molar-refractivity contribution in [1.29, 1.82) is 0 Å². The van der Waals surface area contributed by atoms with Crippen LogP contribution in [0.15, 0.2) is 63.6 Å². The first-order valence-corrected chi connectivity index (χ1v) is 12.7. The van der Waals surface area contributed by atoms with Gasteiger partial charge < -0.3 is 15.7 Å². The fourth-order valence-corrected chi connectivity index (χ4v) is 6.30. The number of halogens is 1. The van der Waals surface area contributed by atoms with E-state index < -0.39 is 21.6 Å². The van der Waals surface area contributed by atoms with Crippen LogP contribution >= 0.6 is 22.9 Å². The molecule has 0 bridgehead atoms. The number of fused-ring (bicyclic) bond motifs is 3. The van der Waals surface area contributed by atoms with E-state index in [1.807, 2.05) is 10.8 Å². The van der Waals surface area contributed by atoms with Gasteiger partial charge in [0.1, 0.15) is 4.21 Å². The van der Waals surface area contributed by atoms with Crippen LogP contribution in [0.2, 0.25) is 4.34 Å². The highest BCUT2D eigenvalue weighted by atomic mass is 35.5. The van der Waals surface area contributed by atoms with Gasteiger partial charge in [-0.3, -0.25) is 4.79 Å². The molecule has 0 saturated heterocycles. The fourth-order valence-electron chi connectivity index (χ4n) is 3.91. The number of hydrogen-bond acceptors (Lipinski definition) is 7. The number of anilines is 2. The number of nitrogens with zero attached hydrogens (tertiary/aromatic N) is 1. The summed E-state index contributed by atoms with van der Waals surface area (Å²) in [6.45, 7) is 0.780. The van der Waals surface area contributed by atoms with Gasteiger partial charge >= 0.3 is 6.03 Å². The minimum absolute atomic E-state index is 0.0874. The number of thiophene rings is 1. The molecule has 4 aromatic rings. The summed E-state index contributed by atoms with van der Waals surface area (Å²) in [5.41, 5.74) is 2.24. The van der Waals surface area contributed by atoms with Gasteiger partial charge in [-0.05, 0) is 65.9 Å². The van der Waals surface area contributed by atoms with E-state index in [0.29, 0.717) is 16.5 Å². The van der Waals surface area contributed by atoms with E-state index in [2.05, 4.69) is 10.6 Å². The van der Waals surface area contributed by atoms with Crippen molar-refractivity contribution in [2.45, 2.75) is 10.6 Å². The smallest absolute Gasteiger partial charge is 0.333 e. The second-order valence-corrected chi connectivity index (χ2v) is 11.2. The largest absolute Gasteiger partial charge is 0.494 e. The molecule has 0 saturated carbocycles. The van der Waals surface area contributed by atoms with Gasteiger partial charge in [0.2, 0.25) is 5.88 Å². The maximum Gasteiger partial charge on any atom is 0.333 e. The summed E-state index contributed by atoms with van der Waals surface area (Å²) in [5, 5.41) is 17.8. The zero-order chi connectivity index (χ0) is 24.0. The molecule has 1 aliphatic rings. The first kappa shape index (κ1) is 22.3. The van der Waals surface area contributed by atoms with Crippen molar-refractivity contribution in [1.82, 2.24) is 9.29 Å². The standard InChI is InChI=1S/C22H17ClN4O5S2/c23-18-7-8-20(33-18)34(31,32)26-22(30)25-12-1-3-13(4-2-12)27-19(28)11-16-14-9-10-24-17(14)6-5-15(16)21(27)29/h1-8,11,24,29H,9-10H2,(H2,25,26,30). The molecule has 2 aromatic heterocycles. The zero-order valence-corrected chi connectivity index (χ0v) is 19.7. The maximum atomic E-state index is 12.8. The summed E-state index contributed by atoms with van der Waals surface area (Å²) in [7, 11) is -4.06. The van der Waals surface area contributed by atoms with E-state index in [-0.39, 0.29) is 20.1 Å². The zero-order valence-electron chi connectivity index (χ0n) is 17.3. The van der Waals surface area contributed by atoms with E-state index in [1.165, 1.54) is 47.0 Å². The molecule has 5 rings (SSSR count). The summed E-state index contributed by atoms with van der Waals surface area (Å²) in [6.07, 6.45) is 0.771. The Bertz CT molecular complexity index is 1610. The Labute approximate surface area is 202 Å². The summed E-state index contributed by atoms with van der Waals surface area (Å²) < 4.78 is 27.8. The highest BCUT2D eigenvalue weighted by Crippen LogP contribution is 2.34. The van der Waals surface area contributed by atoms with E-state index in [1.54, 1.807) is 6.07 Å². The molecule has 9 nitrogen and oxygen atoms in total. The van der Waals surface area contributed by atoms with Crippen molar-refractivity contribution in [2.24, 2.45) is 0 Å². The van der Waals surface area contributed by atoms with Crippen molar-refractivity contribution in [3.05, 3.63) is 74.9 Å². The lowest BCUT2D eigenvalue weighted by molar-refractivity contribution is 0.256. The predicted octanol–water partition coefficient (Wildman–Crippen LogP) is 3.89. The van der Waals surface area contributed by atoms with Gasteiger partial charge in [0.05, 0.1) is 10.0 Å². The molecule has 2 aromatic carbocycles. The topological polar surface area (TPSA) is 130 Å². The number of nitrogens with one attached hydrogen (secondary N) is 3. The monoisotopic (exact) mass is 516 g/mol. The molecule has 0 radical (unpaired) electrons. The van der Waals surface area contributed by atoms with Crippen LogP contribution in [0.1, 0.15) is 5.56 Å². The van der Waals surface area contributed by atoms with Crippen LogP contribution in [0.4, 0.5) is 16.2 Å². The van der Waals surface area contributed by atoms with Crippen LogP contribution in [0.3, 0.4) is 0 Å². The van der Waals surface area contributed by atoms with E-state index >= 15 is 0 Å². The van der Waals surface area contributed by atoms with Crippen LogP contribution in [0.25, 0.3) is 16.5 Å². The van der Waals surface area contributed by atoms with Gasteiger partial charge in [-0.2, -0.15) is 0 Å². The second kappa shape index (κ2) is 8.35. The lowest BCUT2D eigenvalue weighted by Gasteiger charge is -2.14. The molecule has 0 unspecified atom stereocenters. The number of sulfonamides is 1. The average Bonchev–Trinajstić information content (AvgIpc) is 3.44. The van der Waals surface area contributed by atoms with Crippen molar-refractivity contribution >= 4 is 61.1 Å². The number of urea groups is 1. The third-order valence-corrected chi connectivity index (χ3v) is 8.47. The van der Waals surface area contributed by atoms with Gasteiger partial charge in [-0.25, -0.2) is 22.5 Å². The van der Waals surface area contributed by atoms with Crippen LogP contribution in [0.5, 0.6) is 5.88 Å². The van der Waals surface area contributed by atoms with Gasteiger partial charge in [-0.1, -0.05) is 11.6 Å². The summed E-state index contributed by atoms with van der Waals surface area (Å²) >= 11 is 6.59. The van der Waals surface area contributed by atoms with Crippen LogP contribution in [0, 0.1) is 0 Å². The third kappa shape index (κ3) is 3.98. The average molecular weight is 517 g/mol. The van der Waals surface area contributed by atoms with Crippen LogP contribution in [-0.2, 0) is 16.4 Å². The molecule has 0 spiro atoms. The normalized spacial score (nSPS) is 12.9. The number of amides is 2. The fraction of sp³-hybridized carbons (Fsp3) is 0.0909. The Balaban J connectivity index is 1.39. The quantitative estimate of drug-likeness (QED) is 0.325. The molecule has 0 fully saturated rings. The molecule has 34 heavy (non-hydrogen) atoms. The van der Waals surface area contributed by atoms with Gasteiger partial charge in [0, 0.05) is 29.4 Å². The second-order valence-electron chi connectivity index (χ2n) is 7.54. The van der Waals surface area contributed by atoms with E-state index in [0.717, 1.165) is 35.6 Å². The first-order valence-electron chi connectivity index (χ1n) is 10.1. The Morgan fingerprint density at radius 3 is 2.56 bits per heavy atom. The molecule has 174 valence electrons. The lowest BCUT2D eigenvalue weighted by Crippen LogP contribution is -2.33. The minimum atomic E-state index is -4.06. The molecule has 3 heterocycles. The van der Waals surface area contributed by atoms with Crippen molar-refractivity contribution in [3.63, 3.8) is 0 Å². The number of aromatic nitrogens is 1. The Hall–Kier alpha value is -3.54. The van der Waals surface area contributed by atoms with Crippen LogP contribution < -0.4 is 20.9 Å². The predicted molar refractivity (Wildman–Crippen MR) is 132 cm³/mol. The Morgan fingerprint density at radius 2 is 1.85 bits per heavy atom. The SMILES string of the molecule is O=C(Nc1ccc(-n2c(O)c3ccc4c(c3cc2=O)CCN4)cc1)NS(=O)(=O)c1ccc(Cl)s1. The number of hydrogen-bond donors (Lipinski definition) is 4. The van der Waals surface area contributed by atoms with Crippen molar-refractivity contribution in [3.8, 4) is 11.6 Å². The summed E-state index contributed by atoms with van der Waals surface area (Å²) in [6, 6.07) is 13.0. The number of rotatable bonds is 4. The summed E-state index contributed by atoms with van der Waals surface area (Å²) in [4.78, 5) is 25.0. The highest BCUT2D eigenvalue weighted by Gasteiger charge is 2.21. The number of pyridine rings is 1. The Morgan fingerprint density at radius 1 is 1.09 bits per heavy atom. The first-order chi connectivity index (χ1) is 16.2. The molecule has 2 amide bonds. The molecular formula is C22H17ClN4O5S2. The number of carbonyl (C=O) groups is 1. The number of carbonyl (C=O) groups excluding carboxylic acids is 1. The lowest BCUT2D eigenvalue weighted by atomic mass is 10.0. The van der Waals surface area contributed by atoms with E-state index in [4.69, 9.17) is 11.6 Å². The highest BCUT2D eigenvalue weighted by molar-refractivity contribution is 7.92. The molecule has 1 aliphatic heterocycles. The number of benzene rings is 2. The minimum Gasteiger partial charge on any atom is -0.494 e. The third-order valence-electron chi connectivity index (χ3n) is 5.41. The van der Waals surface area contributed by atoms with Crippen molar-refractivity contribution < 1.29 is 18.3 Å². The molecule has 0 aliphatic carbocycles. The Kier molecular flexibility index (Phi) is 5.47. The van der Waals surface area contributed by atoms with Crippen LogP contribution in [-0.4, -0.2) is 30.7 Å². The maximum absolute atomic E-state index is 12.8. The van der Waals surface area contributed by atoms with Gasteiger partial charge in [-0.15, -0.1) is 11.3 Å². The molecular weight excluding hydrogens is 500 g/mol. The molecule has 4 N–H and O–H groups in total. The number of aromatic hydroxyl groups is 1. The van der Waals surface area contributed by atoms with E-state index in [9.17, 15) is 23.1 Å². The molecule has 0 atom stereocenters. The van der Waals surface area contributed by atoms with Gasteiger partial charge in [0.15, 0.2) is 0 Å². The van der Waals surface area contributed by atoms with Gasteiger partial charge in [0.25, 0.3) is 15.6 Å². The summed E-state index contributed by atoms with van der Waals surface area (Å²) in [5.74, 6) is -0.184. The van der Waals surface area contributed by atoms with Crippen molar-refractivity contribution in [2.75, 3.05) is 17.2 Å².